The highest BCUT2D eigenvalue weighted by Gasteiger charge is 2.28. The van der Waals surface area contributed by atoms with Crippen molar-refractivity contribution in [2.75, 3.05) is 0 Å². The first kappa shape index (κ1) is 12.0. The molecule has 0 bridgehead atoms. The molecule has 0 spiro atoms. The van der Waals surface area contributed by atoms with Crippen LogP contribution in [0.2, 0.25) is 0 Å². The molecule has 1 fully saturated rings. The fourth-order valence-electron chi connectivity index (χ4n) is 2.44. The standard InChI is InChI=1S/C12H25NO/c1-4-11(5-2)13-12(14)10-7-6-9(3)8-10/h9-14H,4-8H2,1-3H3/t9-,10+,12?/m0/s1. The van der Waals surface area contributed by atoms with Crippen molar-refractivity contribution in [3.63, 3.8) is 0 Å². The Hall–Kier alpha value is -0.0800. The molecule has 1 aliphatic rings. The second-order valence-electron chi connectivity index (χ2n) is 4.80. The third-order valence-electron chi connectivity index (χ3n) is 3.57. The number of aliphatic hydroxyl groups is 1. The number of hydrogen-bond acceptors (Lipinski definition) is 2. The molecule has 0 aromatic rings. The molecule has 1 rings (SSSR count). The van der Waals surface area contributed by atoms with Gasteiger partial charge in [-0.15, -0.1) is 0 Å². The van der Waals surface area contributed by atoms with Gasteiger partial charge in [0, 0.05) is 6.04 Å². The molecule has 0 radical (unpaired) electrons. The lowest BCUT2D eigenvalue weighted by Crippen LogP contribution is -2.41. The Morgan fingerprint density at radius 1 is 1.29 bits per heavy atom. The average Bonchev–Trinajstić information content (AvgIpc) is 2.61. The zero-order valence-corrected chi connectivity index (χ0v) is 9.79. The van der Waals surface area contributed by atoms with Gasteiger partial charge in [0.2, 0.25) is 0 Å². The zero-order chi connectivity index (χ0) is 10.6. The van der Waals surface area contributed by atoms with E-state index in [1.54, 1.807) is 0 Å². The summed E-state index contributed by atoms with van der Waals surface area (Å²) < 4.78 is 0. The van der Waals surface area contributed by atoms with Crippen LogP contribution in [-0.4, -0.2) is 17.4 Å². The fraction of sp³-hybridized carbons (Fsp3) is 1.00. The average molecular weight is 199 g/mol. The van der Waals surface area contributed by atoms with Gasteiger partial charge < -0.3 is 5.11 Å². The summed E-state index contributed by atoms with van der Waals surface area (Å²) in [5.41, 5.74) is 0. The largest absolute Gasteiger partial charge is 0.378 e. The molecule has 0 saturated heterocycles. The molecule has 2 N–H and O–H groups in total. The van der Waals surface area contributed by atoms with E-state index in [2.05, 4.69) is 26.1 Å². The van der Waals surface area contributed by atoms with Gasteiger partial charge in [0.05, 0.1) is 0 Å². The van der Waals surface area contributed by atoms with Gasteiger partial charge in [-0.1, -0.05) is 27.2 Å². The van der Waals surface area contributed by atoms with E-state index >= 15 is 0 Å². The molecule has 0 aromatic carbocycles. The number of nitrogens with one attached hydrogen (secondary N) is 1. The van der Waals surface area contributed by atoms with E-state index in [9.17, 15) is 5.11 Å². The molecule has 84 valence electrons. The third kappa shape index (κ3) is 3.25. The highest BCUT2D eigenvalue weighted by atomic mass is 16.3. The first-order chi connectivity index (χ1) is 6.67. The molecule has 0 amide bonds. The maximum atomic E-state index is 9.99. The van der Waals surface area contributed by atoms with Crippen LogP contribution < -0.4 is 5.32 Å². The molecular weight excluding hydrogens is 174 g/mol. The molecule has 0 aliphatic heterocycles. The van der Waals surface area contributed by atoms with Gasteiger partial charge in [-0.05, 0) is 37.5 Å². The third-order valence-corrected chi connectivity index (χ3v) is 3.57. The van der Waals surface area contributed by atoms with Crippen LogP contribution in [0.25, 0.3) is 0 Å². The van der Waals surface area contributed by atoms with E-state index in [-0.39, 0.29) is 6.23 Å². The molecule has 1 saturated carbocycles. The maximum absolute atomic E-state index is 9.99. The highest BCUT2D eigenvalue weighted by Crippen LogP contribution is 2.32. The lowest BCUT2D eigenvalue weighted by atomic mass is 10.0. The number of hydrogen-bond donors (Lipinski definition) is 2. The fourth-order valence-corrected chi connectivity index (χ4v) is 2.44. The second kappa shape index (κ2) is 5.72. The Bertz CT molecular complexity index is 156. The summed E-state index contributed by atoms with van der Waals surface area (Å²) in [6.45, 7) is 6.63. The molecule has 14 heavy (non-hydrogen) atoms. The van der Waals surface area contributed by atoms with Crippen LogP contribution in [0.15, 0.2) is 0 Å². The normalized spacial score (nSPS) is 29.8. The smallest absolute Gasteiger partial charge is 0.107 e. The summed E-state index contributed by atoms with van der Waals surface area (Å²) in [6, 6.07) is 0.487. The molecule has 1 aliphatic carbocycles. The monoisotopic (exact) mass is 199 g/mol. The van der Waals surface area contributed by atoms with Gasteiger partial charge in [0.1, 0.15) is 6.23 Å². The van der Waals surface area contributed by atoms with Crippen molar-refractivity contribution in [1.82, 2.24) is 5.32 Å². The molecule has 2 nitrogen and oxygen atoms in total. The minimum atomic E-state index is -0.273. The van der Waals surface area contributed by atoms with E-state index in [0.29, 0.717) is 12.0 Å². The molecule has 3 atom stereocenters. The Morgan fingerprint density at radius 3 is 2.36 bits per heavy atom. The van der Waals surface area contributed by atoms with Crippen LogP contribution in [0.3, 0.4) is 0 Å². The predicted molar refractivity (Wildman–Crippen MR) is 60.0 cm³/mol. The van der Waals surface area contributed by atoms with Crippen molar-refractivity contribution >= 4 is 0 Å². The summed E-state index contributed by atoms with van der Waals surface area (Å²) in [7, 11) is 0. The van der Waals surface area contributed by atoms with E-state index in [4.69, 9.17) is 0 Å². The number of aliphatic hydroxyl groups excluding tert-OH is 1. The SMILES string of the molecule is CCC(CC)NC(O)[C@@H]1CC[C@H](C)C1. The van der Waals surface area contributed by atoms with E-state index in [1.807, 2.05) is 0 Å². The van der Waals surface area contributed by atoms with Gasteiger partial charge in [-0.25, -0.2) is 0 Å². The lowest BCUT2D eigenvalue weighted by Gasteiger charge is -2.24. The summed E-state index contributed by atoms with van der Waals surface area (Å²) >= 11 is 0. The highest BCUT2D eigenvalue weighted by molar-refractivity contribution is 4.79. The summed E-state index contributed by atoms with van der Waals surface area (Å²) in [4.78, 5) is 0. The van der Waals surface area contributed by atoms with Crippen LogP contribution in [-0.2, 0) is 0 Å². The Morgan fingerprint density at radius 2 is 1.93 bits per heavy atom. The summed E-state index contributed by atoms with van der Waals surface area (Å²) in [5.74, 6) is 1.30. The van der Waals surface area contributed by atoms with Crippen LogP contribution in [0, 0.1) is 11.8 Å². The van der Waals surface area contributed by atoms with Crippen LogP contribution in [0.5, 0.6) is 0 Å². The topological polar surface area (TPSA) is 32.3 Å². The predicted octanol–water partition coefficient (Wildman–Crippen LogP) is 2.52. The zero-order valence-electron chi connectivity index (χ0n) is 9.79. The molecule has 0 aromatic heterocycles. The number of rotatable bonds is 5. The first-order valence-corrected chi connectivity index (χ1v) is 6.11. The van der Waals surface area contributed by atoms with Crippen molar-refractivity contribution in [3.8, 4) is 0 Å². The minimum Gasteiger partial charge on any atom is -0.378 e. The Balaban J connectivity index is 2.30. The van der Waals surface area contributed by atoms with E-state index < -0.39 is 0 Å². The van der Waals surface area contributed by atoms with Crippen LogP contribution in [0.4, 0.5) is 0 Å². The van der Waals surface area contributed by atoms with Gasteiger partial charge in [0.15, 0.2) is 0 Å². The van der Waals surface area contributed by atoms with Crippen LogP contribution >= 0.6 is 0 Å². The van der Waals surface area contributed by atoms with Gasteiger partial charge >= 0.3 is 0 Å². The Labute approximate surface area is 88.1 Å². The van der Waals surface area contributed by atoms with E-state index in [0.717, 1.165) is 18.8 Å². The summed E-state index contributed by atoms with van der Waals surface area (Å²) in [6.07, 6.45) is 5.60. The summed E-state index contributed by atoms with van der Waals surface area (Å²) in [5, 5.41) is 13.3. The molecule has 2 heteroatoms. The van der Waals surface area contributed by atoms with Crippen molar-refractivity contribution in [2.45, 2.75) is 65.1 Å². The quantitative estimate of drug-likeness (QED) is 0.667. The molecular formula is C12H25NO. The Kier molecular flexibility index (Phi) is 4.90. The second-order valence-corrected chi connectivity index (χ2v) is 4.80. The van der Waals surface area contributed by atoms with Crippen molar-refractivity contribution in [3.05, 3.63) is 0 Å². The van der Waals surface area contributed by atoms with Crippen molar-refractivity contribution < 1.29 is 5.11 Å². The minimum absolute atomic E-state index is 0.273. The van der Waals surface area contributed by atoms with E-state index in [1.165, 1.54) is 19.3 Å². The molecule has 1 unspecified atom stereocenters. The maximum Gasteiger partial charge on any atom is 0.107 e. The lowest BCUT2D eigenvalue weighted by molar-refractivity contribution is 0.0623. The van der Waals surface area contributed by atoms with Gasteiger partial charge in [-0.3, -0.25) is 5.32 Å². The van der Waals surface area contributed by atoms with Crippen LogP contribution in [0.1, 0.15) is 52.9 Å². The molecule has 0 heterocycles. The van der Waals surface area contributed by atoms with Gasteiger partial charge in [-0.2, -0.15) is 0 Å². The van der Waals surface area contributed by atoms with Gasteiger partial charge in [0.25, 0.3) is 0 Å². The van der Waals surface area contributed by atoms with Crippen molar-refractivity contribution in [1.29, 1.82) is 0 Å². The first-order valence-electron chi connectivity index (χ1n) is 6.11. The van der Waals surface area contributed by atoms with Crippen molar-refractivity contribution in [2.24, 2.45) is 11.8 Å².